The summed E-state index contributed by atoms with van der Waals surface area (Å²) in [4.78, 5) is 28.3. The van der Waals surface area contributed by atoms with Crippen LogP contribution in [0.4, 0.5) is 0 Å². The summed E-state index contributed by atoms with van der Waals surface area (Å²) in [7, 11) is 0. The molecule has 0 aliphatic heterocycles. The zero-order chi connectivity index (χ0) is 14.3. The number of nitrogens with zero attached hydrogens (tertiary/aromatic N) is 2. The van der Waals surface area contributed by atoms with Crippen LogP contribution in [0.2, 0.25) is 0 Å². The van der Waals surface area contributed by atoms with Crippen LogP contribution in [0.5, 0.6) is 0 Å². The fourth-order valence-electron chi connectivity index (χ4n) is 2.05. The van der Waals surface area contributed by atoms with E-state index in [9.17, 15) is 9.59 Å². The number of aromatic carboxylic acids is 1. The minimum absolute atomic E-state index is 0.153. The summed E-state index contributed by atoms with van der Waals surface area (Å²) in [6.07, 6.45) is 2.94. The summed E-state index contributed by atoms with van der Waals surface area (Å²) in [5.41, 5.74) is 0.205. The van der Waals surface area contributed by atoms with Gasteiger partial charge in [-0.15, -0.1) is 11.3 Å². The minimum Gasteiger partial charge on any atom is -0.477 e. The molecule has 0 radical (unpaired) electrons. The van der Waals surface area contributed by atoms with E-state index in [0.717, 1.165) is 11.3 Å². The Morgan fingerprint density at radius 3 is 3.00 bits per heavy atom. The first kappa shape index (κ1) is 12.6. The molecule has 1 N–H and O–H groups in total. The number of hydrogen-bond acceptors (Lipinski definition) is 5. The third-order valence-corrected chi connectivity index (χ3v) is 4.21. The number of hydrogen-bond donors (Lipinski definition) is 1. The van der Waals surface area contributed by atoms with E-state index in [2.05, 4.69) is 4.98 Å². The van der Waals surface area contributed by atoms with Crippen molar-refractivity contribution in [3.63, 3.8) is 0 Å². The fraction of sp³-hybridized carbons (Fsp3) is 0.154. The molecule has 7 heteroatoms. The van der Waals surface area contributed by atoms with Crippen molar-refractivity contribution in [2.45, 2.75) is 13.5 Å². The summed E-state index contributed by atoms with van der Waals surface area (Å²) >= 11 is 1.02. The van der Waals surface area contributed by atoms with Gasteiger partial charge in [-0.05, 0) is 24.6 Å². The molecule has 3 aromatic heterocycles. The molecule has 0 aromatic carbocycles. The van der Waals surface area contributed by atoms with Crippen LogP contribution in [0.3, 0.4) is 0 Å². The van der Waals surface area contributed by atoms with E-state index in [-0.39, 0.29) is 17.0 Å². The Balaban J connectivity index is 2.17. The minimum atomic E-state index is -1.04. The standard InChI is InChI=1S/C13H10N2O4S/c1-7-9-11(20-10(7)13(17)18)14-6-15(12(9)16)5-8-3-2-4-19-8/h2-4,6H,5H2,1H3,(H,17,18). The Morgan fingerprint density at radius 1 is 1.55 bits per heavy atom. The van der Waals surface area contributed by atoms with Crippen LogP contribution in [-0.2, 0) is 6.54 Å². The molecule has 0 spiro atoms. The number of carboxylic acid groups (broad SMARTS) is 1. The molecule has 20 heavy (non-hydrogen) atoms. The van der Waals surface area contributed by atoms with Gasteiger partial charge in [0.15, 0.2) is 0 Å². The Labute approximate surface area is 116 Å². The Morgan fingerprint density at radius 2 is 2.35 bits per heavy atom. The summed E-state index contributed by atoms with van der Waals surface area (Å²) in [5.74, 6) is -0.401. The van der Waals surface area contributed by atoms with E-state index in [1.807, 2.05) is 0 Å². The number of furan rings is 1. The highest BCUT2D eigenvalue weighted by atomic mass is 32.1. The number of aryl methyl sites for hydroxylation is 1. The highest BCUT2D eigenvalue weighted by Crippen LogP contribution is 2.26. The topological polar surface area (TPSA) is 85.3 Å². The molecule has 0 aliphatic rings. The molecule has 0 bridgehead atoms. The van der Waals surface area contributed by atoms with E-state index < -0.39 is 5.97 Å². The molecule has 0 amide bonds. The number of aromatic nitrogens is 2. The maximum atomic E-state index is 12.4. The number of rotatable bonds is 3. The largest absolute Gasteiger partial charge is 0.477 e. The van der Waals surface area contributed by atoms with Crippen molar-refractivity contribution in [1.29, 1.82) is 0 Å². The molecule has 0 unspecified atom stereocenters. The zero-order valence-electron chi connectivity index (χ0n) is 10.5. The van der Waals surface area contributed by atoms with Crippen molar-refractivity contribution in [2.24, 2.45) is 0 Å². The molecule has 0 atom stereocenters. The number of carboxylic acids is 1. The average Bonchev–Trinajstić information content (AvgIpc) is 3.01. The molecule has 3 heterocycles. The smallest absolute Gasteiger partial charge is 0.346 e. The maximum absolute atomic E-state index is 12.4. The molecule has 3 aromatic rings. The first-order valence-electron chi connectivity index (χ1n) is 5.82. The second-order valence-electron chi connectivity index (χ2n) is 4.30. The van der Waals surface area contributed by atoms with E-state index in [4.69, 9.17) is 9.52 Å². The summed E-state index contributed by atoms with van der Waals surface area (Å²) < 4.78 is 6.61. The molecule has 0 aliphatic carbocycles. The van der Waals surface area contributed by atoms with Crippen molar-refractivity contribution in [2.75, 3.05) is 0 Å². The third kappa shape index (κ3) is 1.92. The summed E-state index contributed by atoms with van der Waals surface area (Å²) in [6.45, 7) is 1.90. The van der Waals surface area contributed by atoms with Crippen LogP contribution >= 0.6 is 11.3 Å². The van der Waals surface area contributed by atoms with Crippen molar-refractivity contribution in [3.8, 4) is 0 Å². The zero-order valence-corrected chi connectivity index (χ0v) is 11.3. The first-order valence-corrected chi connectivity index (χ1v) is 6.64. The average molecular weight is 290 g/mol. The van der Waals surface area contributed by atoms with Crippen LogP contribution in [0.15, 0.2) is 33.9 Å². The van der Waals surface area contributed by atoms with Crippen LogP contribution in [0.25, 0.3) is 10.2 Å². The van der Waals surface area contributed by atoms with E-state index in [0.29, 0.717) is 21.5 Å². The van der Waals surface area contributed by atoms with Gasteiger partial charge in [0.1, 0.15) is 15.5 Å². The Hall–Kier alpha value is -2.41. The Kier molecular flexibility index (Phi) is 2.90. The molecule has 3 rings (SSSR count). The van der Waals surface area contributed by atoms with Crippen molar-refractivity contribution in [1.82, 2.24) is 9.55 Å². The van der Waals surface area contributed by atoms with Gasteiger partial charge >= 0.3 is 5.97 Å². The van der Waals surface area contributed by atoms with Gasteiger partial charge in [-0.25, -0.2) is 9.78 Å². The lowest BCUT2D eigenvalue weighted by atomic mass is 10.2. The number of carbonyl (C=O) groups is 1. The van der Waals surface area contributed by atoms with Crippen LogP contribution in [-0.4, -0.2) is 20.6 Å². The van der Waals surface area contributed by atoms with E-state index >= 15 is 0 Å². The molecule has 102 valence electrons. The van der Waals surface area contributed by atoms with Gasteiger partial charge in [0.05, 0.1) is 24.5 Å². The van der Waals surface area contributed by atoms with Crippen molar-refractivity contribution >= 4 is 27.5 Å². The van der Waals surface area contributed by atoms with Gasteiger partial charge in [0, 0.05) is 0 Å². The highest BCUT2D eigenvalue weighted by Gasteiger charge is 2.18. The number of fused-ring (bicyclic) bond motifs is 1. The van der Waals surface area contributed by atoms with Gasteiger partial charge < -0.3 is 9.52 Å². The molecular formula is C13H10N2O4S. The lowest BCUT2D eigenvalue weighted by Crippen LogP contribution is -2.20. The maximum Gasteiger partial charge on any atom is 0.346 e. The van der Waals surface area contributed by atoms with Crippen LogP contribution in [0, 0.1) is 6.92 Å². The molecule has 6 nitrogen and oxygen atoms in total. The predicted molar refractivity (Wildman–Crippen MR) is 73.4 cm³/mol. The van der Waals surface area contributed by atoms with Crippen molar-refractivity contribution in [3.05, 3.63) is 51.3 Å². The molecule has 0 saturated heterocycles. The van der Waals surface area contributed by atoms with Crippen LogP contribution in [0.1, 0.15) is 21.0 Å². The highest BCUT2D eigenvalue weighted by molar-refractivity contribution is 7.20. The van der Waals surface area contributed by atoms with Crippen LogP contribution < -0.4 is 5.56 Å². The lowest BCUT2D eigenvalue weighted by Gasteiger charge is -2.02. The van der Waals surface area contributed by atoms with Gasteiger partial charge in [-0.2, -0.15) is 0 Å². The van der Waals surface area contributed by atoms with Gasteiger partial charge in [0.25, 0.3) is 5.56 Å². The van der Waals surface area contributed by atoms with Crippen molar-refractivity contribution < 1.29 is 14.3 Å². The predicted octanol–water partition coefficient (Wildman–Crippen LogP) is 2.11. The number of thiophene rings is 1. The molecule has 0 saturated carbocycles. The summed E-state index contributed by atoms with van der Waals surface area (Å²) in [6, 6.07) is 3.50. The first-order chi connectivity index (χ1) is 9.58. The monoisotopic (exact) mass is 290 g/mol. The van der Waals surface area contributed by atoms with Gasteiger partial charge in [0.2, 0.25) is 0 Å². The third-order valence-electron chi connectivity index (χ3n) is 3.02. The SMILES string of the molecule is Cc1c(C(=O)O)sc2ncn(Cc3ccco3)c(=O)c12. The second kappa shape index (κ2) is 4.61. The normalized spacial score (nSPS) is 11.1. The quantitative estimate of drug-likeness (QED) is 0.798. The van der Waals surface area contributed by atoms with E-state index in [1.165, 1.54) is 17.2 Å². The fourth-order valence-corrected chi connectivity index (χ4v) is 3.02. The molecular weight excluding hydrogens is 280 g/mol. The molecule has 0 fully saturated rings. The second-order valence-corrected chi connectivity index (χ2v) is 5.30. The Bertz CT molecular complexity index is 845. The van der Waals surface area contributed by atoms with Gasteiger partial charge in [-0.3, -0.25) is 9.36 Å². The van der Waals surface area contributed by atoms with E-state index in [1.54, 1.807) is 19.1 Å². The lowest BCUT2D eigenvalue weighted by molar-refractivity contribution is 0.0701. The van der Waals surface area contributed by atoms with Gasteiger partial charge in [-0.1, -0.05) is 0 Å². The summed E-state index contributed by atoms with van der Waals surface area (Å²) in [5, 5.41) is 9.46.